The molecular formula is C23H17Br2N3O4. The van der Waals surface area contributed by atoms with Gasteiger partial charge in [-0.05, 0) is 80.3 Å². The zero-order valence-corrected chi connectivity index (χ0v) is 19.9. The molecule has 0 aliphatic carbocycles. The van der Waals surface area contributed by atoms with Crippen LogP contribution in [0, 0.1) is 17.0 Å². The van der Waals surface area contributed by atoms with Crippen molar-refractivity contribution in [3.8, 4) is 0 Å². The topological polar surface area (TPSA) is 101 Å². The molecule has 162 valence electrons. The second kappa shape index (κ2) is 10.3. The third kappa shape index (κ3) is 5.89. The van der Waals surface area contributed by atoms with E-state index in [2.05, 4.69) is 42.5 Å². The smallest absolute Gasteiger partial charge is 0.272 e. The van der Waals surface area contributed by atoms with Gasteiger partial charge < -0.3 is 10.6 Å². The van der Waals surface area contributed by atoms with E-state index >= 15 is 0 Å². The van der Waals surface area contributed by atoms with Gasteiger partial charge in [-0.3, -0.25) is 19.7 Å². The number of nitro groups is 1. The zero-order valence-electron chi connectivity index (χ0n) is 16.8. The summed E-state index contributed by atoms with van der Waals surface area (Å²) in [5, 5.41) is 16.5. The molecule has 0 aromatic heterocycles. The molecule has 0 bridgehead atoms. The van der Waals surface area contributed by atoms with E-state index in [4.69, 9.17) is 0 Å². The highest BCUT2D eigenvalue weighted by molar-refractivity contribution is 9.11. The maximum absolute atomic E-state index is 13.1. The van der Waals surface area contributed by atoms with E-state index in [1.807, 2.05) is 19.1 Å². The molecule has 3 aromatic carbocycles. The van der Waals surface area contributed by atoms with E-state index < -0.39 is 16.7 Å². The molecular weight excluding hydrogens is 542 g/mol. The number of anilines is 1. The van der Waals surface area contributed by atoms with Crippen molar-refractivity contribution in [3.63, 3.8) is 0 Å². The number of nitrogens with zero attached hydrogens (tertiary/aromatic N) is 1. The Morgan fingerprint density at radius 3 is 2.41 bits per heavy atom. The fraction of sp³-hybridized carbons (Fsp3) is 0.0435. The summed E-state index contributed by atoms with van der Waals surface area (Å²) in [7, 11) is 0. The molecule has 0 atom stereocenters. The Morgan fingerprint density at radius 2 is 1.72 bits per heavy atom. The van der Waals surface area contributed by atoms with Crippen molar-refractivity contribution in [1.29, 1.82) is 0 Å². The fourth-order valence-electron chi connectivity index (χ4n) is 2.80. The van der Waals surface area contributed by atoms with Crippen molar-refractivity contribution in [2.75, 3.05) is 5.32 Å². The second-order valence-corrected chi connectivity index (χ2v) is 8.49. The van der Waals surface area contributed by atoms with E-state index in [1.54, 1.807) is 36.4 Å². The summed E-state index contributed by atoms with van der Waals surface area (Å²) < 4.78 is 1.24. The Bertz CT molecular complexity index is 1240. The largest absolute Gasteiger partial charge is 0.320 e. The number of benzene rings is 3. The van der Waals surface area contributed by atoms with Crippen molar-refractivity contribution >= 4 is 61.1 Å². The maximum atomic E-state index is 13.1. The van der Waals surface area contributed by atoms with Crippen molar-refractivity contribution in [2.24, 2.45) is 0 Å². The van der Waals surface area contributed by atoms with Crippen LogP contribution in [0.25, 0.3) is 6.08 Å². The predicted octanol–water partition coefficient (Wildman–Crippen LogP) is 5.84. The van der Waals surface area contributed by atoms with Gasteiger partial charge in [0.2, 0.25) is 0 Å². The summed E-state index contributed by atoms with van der Waals surface area (Å²) in [6.45, 7) is 1.92. The van der Waals surface area contributed by atoms with Crippen LogP contribution < -0.4 is 10.6 Å². The number of carbonyl (C=O) groups is 2. The van der Waals surface area contributed by atoms with Gasteiger partial charge in [0, 0.05) is 21.1 Å². The molecule has 3 aromatic rings. The first-order chi connectivity index (χ1) is 15.2. The molecule has 0 radical (unpaired) electrons. The average molecular weight is 559 g/mol. The number of hydrogen-bond acceptors (Lipinski definition) is 4. The minimum atomic E-state index is -0.582. The molecule has 0 saturated heterocycles. The molecule has 0 unspecified atom stereocenters. The Morgan fingerprint density at radius 1 is 0.969 bits per heavy atom. The van der Waals surface area contributed by atoms with Crippen molar-refractivity contribution < 1.29 is 14.5 Å². The van der Waals surface area contributed by atoms with Gasteiger partial charge in [0.05, 0.1) is 16.2 Å². The van der Waals surface area contributed by atoms with Gasteiger partial charge in [0.25, 0.3) is 17.5 Å². The van der Waals surface area contributed by atoms with Crippen LogP contribution in [0.3, 0.4) is 0 Å². The number of amides is 2. The molecule has 0 fully saturated rings. The molecule has 9 heteroatoms. The van der Waals surface area contributed by atoms with Crippen molar-refractivity contribution in [1.82, 2.24) is 5.32 Å². The first-order valence-electron chi connectivity index (χ1n) is 9.34. The van der Waals surface area contributed by atoms with E-state index in [1.165, 1.54) is 24.3 Å². The Balaban J connectivity index is 1.97. The summed E-state index contributed by atoms with van der Waals surface area (Å²) in [6, 6.07) is 18.0. The molecule has 0 aliphatic rings. The normalized spacial score (nSPS) is 11.0. The molecule has 0 aliphatic heterocycles. The van der Waals surface area contributed by atoms with E-state index in [0.29, 0.717) is 25.8 Å². The Hall–Kier alpha value is -3.30. The molecule has 0 heterocycles. The quantitative estimate of drug-likeness (QED) is 0.225. The minimum Gasteiger partial charge on any atom is -0.320 e. The standard InChI is InChI=1S/C23H17Br2N3O4/c1-14-9-10-20(19(25)11-14)26-23(30)21(13-15-5-4-6-16(12-15)28(31)32)27-22(29)17-7-2-3-8-18(17)24/h2-13H,1H3,(H,26,30)(H,27,29). The number of aryl methyl sites for hydroxylation is 1. The summed E-state index contributed by atoms with van der Waals surface area (Å²) in [5.41, 5.74) is 2.04. The maximum Gasteiger partial charge on any atom is 0.272 e. The van der Waals surface area contributed by atoms with Crippen LogP contribution in [-0.4, -0.2) is 16.7 Å². The SMILES string of the molecule is Cc1ccc(NC(=O)C(=Cc2cccc([N+](=O)[O-])c2)NC(=O)c2ccccc2Br)c(Br)c1. The molecule has 3 rings (SSSR count). The summed E-state index contributed by atoms with van der Waals surface area (Å²) >= 11 is 6.74. The minimum absolute atomic E-state index is 0.0706. The molecule has 0 saturated carbocycles. The predicted molar refractivity (Wildman–Crippen MR) is 130 cm³/mol. The number of halogens is 2. The first kappa shape index (κ1) is 23.4. The van der Waals surface area contributed by atoms with Crippen LogP contribution >= 0.6 is 31.9 Å². The van der Waals surface area contributed by atoms with Gasteiger partial charge >= 0.3 is 0 Å². The van der Waals surface area contributed by atoms with Gasteiger partial charge in [-0.25, -0.2) is 0 Å². The van der Waals surface area contributed by atoms with Crippen molar-refractivity contribution in [2.45, 2.75) is 6.92 Å². The molecule has 2 amide bonds. The van der Waals surface area contributed by atoms with E-state index in [-0.39, 0.29) is 11.4 Å². The van der Waals surface area contributed by atoms with Gasteiger partial charge in [0.1, 0.15) is 5.70 Å². The first-order valence-corrected chi connectivity index (χ1v) is 10.9. The number of carbonyl (C=O) groups excluding carboxylic acids is 2. The third-order valence-electron chi connectivity index (χ3n) is 4.38. The second-order valence-electron chi connectivity index (χ2n) is 6.78. The number of nitro benzene ring substituents is 1. The van der Waals surface area contributed by atoms with Crippen LogP contribution in [0.4, 0.5) is 11.4 Å². The molecule has 0 spiro atoms. The van der Waals surface area contributed by atoms with Crippen LogP contribution in [0.5, 0.6) is 0 Å². The lowest BCUT2D eigenvalue weighted by Gasteiger charge is -2.13. The number of hydrogen-bond donors (Lipinski definition) is 2. The zero-order chi connectivity index (χ0) is 23.3. The fourth-order valence-corrected chi connectivity index (χ4v) is 3.86. The van der Waals surface area contributed by atoms with Crippen molar-refractivity contribution in [3.05, 3.63) is 108 Å². The lowest BCUT2D eigenvalue weighted by Crippen LogP contribution is -2.31. The number of nitrogens with one attached hydrogen (secondary N) is 2. The van der Waals surface area contributed by atoms with Crippen LogP contribution in [0.15, 0.2) is 81.4 Å². The van der Waals surface area contributed by atoms with Crippen LogP contribution in [0.2, 0.25) is 0 Å². The van der Waals surface area contributed by atoms with E-state index in [9.17, 15) is 19.7 Å². The average Bonchev–Trinajstić information content (AvgIpc) is 2.75. The highest BCUT2D eigenvalue weighted by atomic mass is 79.9. The molecule has 7 nitrogen and oxygen atoms in total. The summed E-state index contributed by atoms with van der Waals surface area (Å²) in [6.07, 6.45) is 1.39. The van der Waals surface area contributed by atoms with Gasteiger partial charge in [-0.2, -0.15) is 0 Å². The third-order valence-corrected chi connectivity index (χ3v) is 5.72. The highest BCUT2D eigenvalue weighted by Gasteiger charge is 2.18. The number of rotatable bonds is 6. The van der Waals surface area contributed by atoms with E-state index in [0.717, 1.165) is 5.56 Å². The van der Waals surface area contributed by atoms with Crippen LogP contribution in [-0.2, 0) is 4.79 Å². The lowest BCUT2D eigenvalue weighted by molar-refractivity contribution is -0.384. The van der Waals surface area contributed by atoms with Crippen LogP contribution in [0.1, 0.15) is 21.5 Å². The summed E-state index contributed by atoms with van der Waals surface area (Å²) in [5.74, 6) is -1.09. The number of non-ortho nitro benzene ring substituents is 1. The Kier molecular flexibility index (Phi) is 7.55. The van der Waals surface area contributed by atoms with Gasteiger partial charge in [-0.1, -0.05) is 30.3 Å². The molecule has 2 N–H and O–H groups in total. The van der Waals surface area contributed by atoms with Gasteiger partial charge in [0.15, 0.2) is 0 Å². The summed E-state index contributed by atoms with van der Waals surface area (Å²) in [4.78, 5) is 36.5. The lowest BCUT2D eigenvalue weighted by atomic mass is 10.1. The highest BCUT2D eigenvalue weighted by Crippen LogP contribution is 2.24. The monoisotopic (exact) mass is 557 g/mol. The Labute approximate surface area is 200 Å². The van der Waals surface area contributed by atoms with Gasteiger partial charge in [-0.15, -0.1) is 0 Å². The molecule has 32 heavy (non-hydrogen) atoms.